The van der Waals surface area contributed by atoms with Crippen molar-refractivity contribution in [2.45, 2.75) is 64.8 Å². The number of aromatic hydroxyl groups is 1. The predicted molar refractivity (Wildman–Crippen MR) is 147 cm³/mol. The molecule has 1 fully saturated rings. The van der Waals surface area contributed by atoms with Crippen molar-refractivity contribution < 1.29 is 29.7 Å². The number of benzene rings is 1. The van der Waals surface area contributed by atoms with Gasteiger partial charge in [0.1, 0.15) is 17.3 Å². The highest BCUT2D eigenvalue weighted by atomic mass is 16.3. The van der Waals surface area contributed by atoms with Gasteiger partial charge in [-0.3, -0.25) is 24.3 Å². The van der Waals surface area contributed by atoms with Crippen LogP contribution in [0, 0.1) is 17.8 Å². The van der Waals surface area contributed by atoms with E-state index in [0.29, 0.717) is 31.4 Å². The van der Waals surface area contributed by atoms with Crippen LogP contribution in [0.15, 0.2) is 30.5 Å². The Labute approximate surface area is 230 Å². The topological polar surface area (TPSA) is 128 Å². The van der Waals surface area contributed by atoms with Crippen LogP contribution in [0.25, 0.3) is 11.3 Å². The average molecular weight is 537 g/mol. The molecule has 39 heavy (non-hydrogen) atoms. The minimum Gasteiger partial charge on any atom is -0.507 e. The molecule has 1 aliphatic carbocycles. The minimum atomic E-state index is -0.770. The van der Waals surface area contributed by atoms with Gasteiger partial charge in [0.05, 0.1) is 24.3 Å². The number of aliphatic hydroxyl groups is 2. The van der Waals surface area contributed by atoms with Crippen molar-refractivity contribution in [2.75, 3.05) is 26.3 Å². The summed E-state index contributed by atoms with van der Waals surface area (Å²) >= 11 is 0. The Morgan fingerprint density at radius 3 is 2.54 bits per heavy atom. The standard InChI is InChI=1S/C31H40N2O6/c1-20(36)13-28(37)26(19-35)22(8-12-34)14-21-15-25-24(27-7-3-4-9-32-27)17-23(18-33-10-5-2-6-11-33)31(39)30(25)29(38)16-21/h3-4,7,9,17,21-22,26,34-35,39H,2,5-6,8,10-16,18-19H2,1H3. The number of piperidine rings is 1. The van der Waals surface area contributed by atoms with E-state index in [2.05, 4.69) is 9.88 Å². The first-order valence-electron chi connectivity index (χ1n) is 14.1. The van der Waals surface area contributed by atoms with E-state index in [1.807, 2.05) is 24.3 Å². The summed E-state index contributed by atoms with van der Waals surface area (Å²) in [6, 6.07) is 7.62. The highest BCUT2D eigenvalue weighted by molar-refractivity contribution is 6.03. The van der Waals surface area contributed by atoms with E-state index in [1.165, 1.54) is 13.3 Å². The Morgan fingerprint density at radius 1 is 1.13 bits per heavy atom. The van der Waals surface area contributed by atoms with E-state index < -0.39 is 12.5 Å². The van der Waals surface area contributed by atoms with Crippen LogP contribution < -0.4 is 0 Å². The molecule has 8 heteroatoms. The van der Waals surface area contributed by atoms with Crippen LogP contribution in [0.1, 0.15) is 73.4 Å². The number of likely N-dealkylation sites (tertiary alicyclic amines) is 1. The molecule has 4 rings (SSSR count). The summed E-state index contributed by atoms with van der Waals surface area (Å²) in [5, 5.41) is 31.1. The average Bonchev–Trinajstić information content (AvgIpc) is 2.91. The summed E-state index contributed by atoms with van der Waals surface area (Å²) in [4.78, 5) is 44.7. The molecule has 8 nitrogen and oxygen atoms in total. The highest BCUT2D eigenvalue weighted by Crippen LogP contribution is 2.43. The largest absolute Gasteiger partial charge is 0.507 e. The van der Waals surface area contributed by atoms with Crippen LogP contribution >= 0.6 is 0 Å². The third kappa shape index (κ3) is 6.99. The smallest absolute Gasteiger partial charge is 0.167 e. The van der Waals surface area contributed by atoms with Crippen LogP contribution in [0.4, 0.5) is 0 Å². The molecule has 0 amide bonds. The first kappa shape index (κ1) is 29.1. The van der Waals surface area contributed by atoms with Crippen molar-refractivity contribution >= 4 is 17.3 Å². The Morgan fingerprint density at radius 2 is 1.90 bits per heavy atom. The number of carbonyl (C=O) groups excluding carboxylic acids is 3. The third-order valence-electron chi connectivity index (χ3n) is 8.25. The number of hydrogen-bond acceptors (Lipinski definition) is 8. The van der Waals surface area contributed by atoms with E-state index in [4.69, 9.17) is 0 Å². The summed E-state index contributed by atoms with van der Waals surface area (Å²) in [7, 11) is 0. The number of pyridine rings is 1. The second kappa shape index (κ2) is 13.4. The molecule has 0 bridgehead atoms. The summed E-state index contributed by atoms with van der Waals surface area (Å²) in [6.07, 6.45) is 6.36. The monoisotopic (exact) mass is 536 g/mol. The fraction of sp³-hybridized carbons (Fsp3) is 0.548. The van der Waals surface area contributed by atoms with Crippen molar-refractivity contribution in [2.24, 2.45) is 17.8 Å². The molecule has 210 valence electrons. The summed E-state index contributed by atoms with van der Waals surface area (Å²) in [5.74, 6) is -1.97. The summed E-state index contributed by atoms with van der Waals surface area (Å²) in [5.41, 5.74) is 3.42. The number of Topliss-reactive ketones (excluding diaryl/α,β-unsaturated/α-hetero) is 3. The van der Waals surface area contributed by atoms with Crippen molar-refractivity contribution in [3.8, 4) is 17.0 Å². The van der Waals surface area contributed by atoms with Crippen molar-refractivity contribution in [3.05, 3.63) is 47.2 Å². The highest BCUT2D eigenvalue weighted by Gasteiger charge is 2.36. The number of ketones is 3. The van der Waals surface area contributed by atoms with Crippen LogP contribution in [0.2, 0.25) is 0 Å². The Hall–Kier alpha value is -2.94. The molecule has 1 aromatic heterocycles. The molecule has 1 aromatic carbocycles. The molecule has 2 aromatic rings. The number of phenols is 1. The molecular formula is C31H40N2O6. The normalized spacial score (nSPS) is 19.4. The quantitative estimate of drug-likeness (QED) is 0.350. The number of hydrogen-bond donors (Lipinski definition) is 3. The maximum Gasteiger partial charge on any atom is 0.167 e. The summed E-state index contributed by atoms with van der Waals surface area (Å²) in [6.45, 7) is 3.28. The van der Waals surface area contributed by atoms with Gasteiger partial charge in [0.25, 0.3) is 0 Å². The minimum absolute atomic E-state index is 0.0514. The van der Waals surface area contributed by atoms with E-state index in [-0.39, 0.29) is 54.4 Å². The molecule has 3 atom stereocenters. The molecule has 1 aliphatic heterocycles. The van der Waals surface area contributed by atoms with Crippen molar-refractivity contribution in [1.29, 1.82) is 0 Å². The van der Waals surface area contributed by atoms with Crippen molar-refractivity contribution in [1.82, 2.24) is 9.88 Å². The second-order valence-corrected chi connectivity index (χ2v) is 11.2. The van der Waals surface area contributed by atoms with Gasteiger partial charge in [-0.15, -0.1) is 0 Å². The number of fused-ring (bicyclic) bond motifs is 1. The Bertz CT molecular complexity index is 1180. The zero-order valence-electron chi connectivity index (χ0n) is 22.8. The molecule has 1 saturated heterocycles. The molecule has 2 heterocycles. The lowest BCUT2D eigenvalue weighted by atomic mass is 9.72. The molecule has 0 saturated carbocycles. The molecule has 3 N–H and O–H groups in total. The third-order valence-corrected chi connectivity index (χ3v) is 8.25. The second-order valence-electron chi connectivity index (χ2n) is 11.2. The maximum atomic E-state index is 13.6. The van der Waals surface area contributed by atoms with Crippen LogP contribution in [-0.4, -0.2) is 68.9 Å². The Balaban J connectivity index is 1.67. The zero-order valence-corrected chi connectivity index (χ0v) is 22.8. The molecule has 0 spiro atoms. The molecule has 2 aliphatic rings. The van der Waals surface area contributed by atoms with E-state index in [9.17, 15) is 29.7 Å². The van der Waals surface area contributed by atoms with Gasteiger partial charge in [0.15, 0.2) is 5.78 Å². The maximum absolute atomic E-state index is 13.6. The van der Waals surface area contributed by atoms with Gasteiger partial charge >= 0.3 is 0 Å². The van der Waals surface area contributed by atoms with Gasteiger partial charge < -0.3 is 15.3 Å². The number of aromatic nitrogens is 1. The molecular weight excluding hydrogens is 496 g/mol. The number of nitrogens with zero attached hydrogens (tertiary/aromatic N) is 2. The predicted octanol–water partition coefficient (Wildman–Crippen LogP) is 3.73. The lowest BCUT2D eigenvalue weighted by Gasteiger charge is -2.33. The molecule has 0 radical (unpaired) electrons. The lowest BCUT2D eigenvalue weighted by Crippen LogP contribution is -2.33. The Kier molecular flexibility index (Phi) is 9.99. The SMILES string of the molecule is CC(=O)CC(=O)C(CO)C(CCO)CC1CC(=O)c2c(O)c(CN3CCCCC3)cc(-c3ccccn3)c2C1. The van der Waals surface area contributed by atoms with Gasteiger partial charge in [-0.2, -0.15) is 0 Å². The summed E-state index contributed by atoms with van der Waals surface area (Å²) < 4.78 is 0. The van der Waals surface area contributed by atoms with Crippen LogP contribution in [0.5, 0.6) is 5.75 Å². The fourth-order valence-corrected chi connectivity index (χ4v) is 6.37. The number of phenolic OH excluding ortho intramolecular Hbond substituents is 1. The van der Waals surface area contributed by atoms with Crippen LogP contribution in [-0.2, 0) is 22.6 Å². The van der Waals surface area contributed by atoms with E-state index in [1.54, 1.807) is 6.20 Å². The zero-order chi connectivity index (χ0) is 27.9. The number of aliphatic hydroxyl groups excluding tert-OH is 2. The first-order valence-corrected chi connectivity index (χ1v) is 14.1. The lowest BCUT2D eigenvalue weighted by molar-refractivity contribution is -0.131. The van der Waals surface area contributed by atoms with Gasteiger partial charge in [-0.1, -0.05) is 12.5 Å². The molecule has 3 unspecified atom stereocenters. The first-order chi connectivity index (χ1) is 18.8. The van der Waals surface area contributed by atoms with Gasteiger partial charge in [0, 0.05) is 42.8 Å². The number of carbonyl (C=O) groups is 3. The van der Waals surface area contributed by atoms with E-state index >= 15 is 0 Å². The fourth-order valence-electron chi connectivity index (χ4n) is 6.37. The van der Waals surface area contributed by atoms with E-state index in [0.717, 1.165) is 48.3 Å². The number of rotatable bonds is 12. The van der Waals surface area contributed by atoms with Crippen LogP contribution in [0.3, 0.4) is 0 Å². The van der Waals surface area contributed by atoms with Gasteiger partial charge in [-0.05, 0) is 87.7 Å². The van der Waals surface area contributed by atoms with Gasteiger partial charge in [0.2, 0.25) is 0 Å². The van der Waals surface area contributed by atoms with Crippen molar-refractivity contribution in [3.63, 3.8) is 0 Å². The van der Waals surface area contributed by atoms with Gasteiger partial charge in [-0.25, -0.2) is 0 Å².